The number of amides is 2. The molecule has 2 amide bonds. The molecule has 2 aliphatic heterocycles. The smallest absolute Gasteiger partial charge is 0.407 e. The minimum atomic E-state index is -0.386. The van der Waals surface area contributed by atoms with Crippen LogP contribution in [0.3, 0.4) is 0 Å². The average Bonchev–Trinajstić information content (AvgIpc) is 2.96. The maximum atomic E-state index is 12.1. The van der Waals surface area contributed by atoms with E-state index in [-0.39, 0.29) is 17.6 Å². The topological polar surface area (TPSA) is 88.5 Å². The van der Waals surface area contributed by atoms with Crippen LogP contribution in [0, 0.1) is 0 Å². The molecule has 120 valence electrons. The zero-order valence-corrected chi connectivity index (χ0v) is 12.7. The molecule has 2 saturated heterocycles. The standard InChI is InChI=1S/C14H21N5O3/c1-18-7-3-11(17-18)16-12(20)9-19-6-2-4-14(5-8-19)10-15-13(21)22-14/h3,7H,2,4-6,8-10H2,1H3,(H,15,21)(H,16,17,20). The zero-order chi connectivity index (χ0) is 15.6. The van der Waals surface area contributed by atoms with Gasteiger partial charge in [0.15, 0.2) is 5.82 Å². The molecule has 0 radical (unpaired) electrons. The number of rotatable bonds is 3. The molecular weight excluding hydrogens is 286 g/mol. The van der Waals surface area contributed by atoms with Gasteiger partial charge in [-0.25, -0.2) is 4.79 Å². The van der Waals surface area contributed by atoms with Crippen molar-refractivity contribution in [2.45, 2.75) is 24.9 Å². The number of nitrogens with zero attached hydrogens (tertiary/aromatic N) is 3. The molecule has 0 saturated carbocycles. The van der Waals surface area contributed by atoms with Gasteiger partial charge in [0.05, 0.1) is 13.1 Å². The Bertz CT molecular complexity index is 573. The third kappa shape index (κ3) is 3.38. The zero-order valence-electron chi connectivity index (χ0n) is 12.7. The Morgan fingerprint density at radius 1 is 1.50 bits per heavy atom. The van der Waals surface area contributed by atoms with Crippen molar-refractivity contribution in [2.24, 2.45) is 7.05 Å². The highest BCUT2D eigenvalue weighted by atomic mass is 16.6. The Labute approximate surface area is 128 Å². The predicted octanol–water partition coefficient (Wildman–Crippen LogP) is 0.323. The molecule has 2 fully saturated rings. The van der Waals surface area contributed by atoms with Gasteiger partial charge < -0.3 is 15.4 Å². The van der Waals surface area contributed by atoms with Gasteiger partial charge in [-0.3, -0.25) is 14.4 Å². The SMILES string of the molecule is Cn1ccc(NC(=O)CN2CCCC3(CC2)CNC(=O)O3)n1. The van der Waals surface area contributed by atoms with Crippen molar-refractivity contribution in [3.05, 3.63) is 12.3 Å². The van der Waals surface area contributed by atoms with Gasteiger partial charge in [-0.2, -0.15) is 5.10 Å². The number of hydrogen-bond donors (Lipinski definition) is 2. The second-order valence-corrected chi connectivity index (χ2v) is 5.98. The Morgan fingerprint density at radius 2 is 2.36 bits per heavy atom. The van der Waals surface area contributed by atoms with Gasteiger partial charge in [-0.15, -0.1) is 0 Å². The normalized spacial score (nSPS) is 25.6. The number of ether oxygens (including phenoxy) is 1. The maximum absolute atomic E-state index is 12.1. The van der Waals surface area contributed by atoms with E-state index in [0.717, 1.165) is 32.4 Å². The van der Waals surface area contributed by atoms with Crippen molar-refractivity contribution >= 4 is 17.8 Å². The molecule has 1 unspecified atom stereocenters. The van der Waals surface area contributed by atoms with Crippen LogP contribution in [0.15, 0.2) is 12.3 Å². The predicted molar refractivity (Wildman–Crippen MR) is 79.3 cm³/mol. The van der Waals surface area contributed by atoms with Crippen molar-refractivity contribution in [1.29, 1.82) is 0 Å². The van der Waals surface area contributed by atoms with Crippen LogP contribution in [-0.4, -0.2) is 58.5 Å². The first-order valence-electron chi connectivity index (χ1n) is 7.53. The Balaban J connectivity index is 1.51. The third-order valence-corrected chi connectivity index (χ3v) is 4.20. The molecule has 2 N–H and O–H groups in total. The van der Waals surface area contributed by atoms with Gasteiger partial charge in [0.2, 0.25) is 5.91 Å². The fraction of sp³-hybridized carbons (Fsp3) is 0.643. The van der Waals surface area contributed by atoms with Crippen LogP contribution in [0.2, 0.25) is 0 Å². The van der Waals surface area contributed by atoms with Gasteiger partial charge in [-0.1, -0.05) is 0 Å². The number of hydrogen-bond acceptors (Lipinski definition) is 5. The molecule has 2 aliphatic rings. The largest absolute Gasteiger partial charge is 0.441 e. The summed E-state index contributed by atoms with van der Waals surface area (Å²) in [7, 11) is 1.81. The van der Waals surface area contributed by atoms with Crippen molar-refractivity contribution < 1.29 is 14.3 Å². The number of nitrogens with one attached hydrogen (secondary N) is 2. The Hall–Kier alpha value is -2.09. The minimum Gasteiger partial charge on any atom is -0.441 e. The molecule has 1 aromatic heterocycles. The van der Waals surface area contributed by atoms with Crippen molar-refractivity contribution in [3.8, 4) is 0 Å². The monoisotopic (exact) mass is 307 g/mol. The number of carbonyl (C=O) groups excluding carboxylic acids is 2. The van der Waals surface area contributed by atoms with E-state index in [0.29, 0.717) is 18.9 Å². The first kappa shape index (κ1) is 14.8. The van der Waals surface area contributed by atoms with E-state index in [2.05, 4.69) is 20.6 Å². The second kappa shape index (κ2) is 5.96. The van der Waals surface area contributed by atoms with E-state index in [1.54, 1.807) is 24.0 Å². The highest BCUT2D eigenvalue weighted by Gasteiger charge is 2.41. The lowest BCUT2D eigenvalue weighted by molar-refractivity contribution is -0.117. The molecule has 8 nitrogen and oxygen atoms in total. The molecule has 3 rings (SSSR count). The van der Waals surface area contributed by atoms with Crippen LogP contribution in [0.5, 0.6) is 0 Å². The highest BCUT2D eigenvalue weighted by Crippen LogP contribution is 2.29. The van der Waals surface area contributed by atoms with Crippen LogP contribution < -0.4 is 10.6 Å². The van der Waals surface area contributed by atoms with E-state index >= 15 is 0 Å². The number of aryl methyl sites for hydroxylation is 1. The Morgan fingerprint density at radius 3 is 3.05 bits per heavy atom. The van der Waals surface area contributed by atoms with E-state index < -0.39 is 0 Å². The summed E-state index contributed by atoms with van der Waals surface area (Å²) in [6, 6.07) is 1.76. The number of alkyl carbamates (subject to hydrolysis) is 1. The van der Waals surface area contributed by atoms with Gasteiger partial charge in [0.25, 0.3) is 0 Å². The fourth-order valence-electron chi connectivity index (χ4n) is 3.03. The lowest BCUT2D eigenvalue weighted by Crippen LogP contribution is -2.37. The van der Waals surface area contributed by atoms with E-state index in [4.69, 9.17) is 4.74 Å². The molecule has 22 heavy (non-hydrogen) atoms. The number of likely N-dealkylation sites (tertiary alicyclic amines) is 1. The number of carbonyl (C=O) groups is 2. The van der Waals surface area contributed by atoms with Crippen molar-refractivity contribution in [2.75, 3.05) is 31.5 Å². The second-order valence-electron chi connectivity index (χ2n) is 5.98. The summed E-state index contributed by atoms with van der Waals surface area (Å²) in [5.41, 5.74) is -0.386. The quantitative estimate of drug-likeness (QED) is 0.840. The summed E-state index contributed by atoms with van der Waals surface area (Å²) >= 11 is 0. The van der Waals surface area contributed by atoms with E-state index in [1.807, 2.05) is 0 Å². The van der Waals surface area contributed by atoms with Crippen LogP contribution in [0.1, 0.15) is 19.3 Å². The summed E-state index contributed by atoms with van der Waals surface area (Å²) < 4.78 is 7.08. The van der Waals surface area contributed by atoms with Crippen molar-refractivity contribution in [3.63, 3.8) is 0 Å². The molecule has 0 bridgehead atoms. The van der Waals surface area contributed by atoms with Crippen LogP contribution in [0.4, 0.5) is 10.6 Å². The number of anilines is 1. The lowest BCUT2D eigenvalue weighted by atomic mass is 9.95. The summed E-state index contributed by atoms with van der Waals surface area (Å²) in [6.07, 6.45) is 3.95. The van der Waals surface area contributed by atoms with Gasteiger partial charge in [0, 0.05) is 32.3 Å². The first-order chi connectivity index (χ1) is 10.5. The molecule has 1 atom stereocenters. The molecule has 8 heteroatoms. The molecule has 1 spiro atoms. The Kier molecular flexibility index (Phi) is 4.02. The van der Waals surface area contributed by atoms with Crippen LogP contribution in [-0.2, 0) is 16.6 Å². The molecule has 3 heterocycles. The van der Waals surface area contributed by atoms with Gasteiger partial charge >= 0.3 is 6.09 Å². The van der Waals surface area contributed by atoms with Gasteiger partial charge in [-0.05, 0) is 19.4 Å². The van der Waals surface area contributed by atoms with Crippen molar-refractivity contribution in [1.82, 2.24) is 20.0 Å². The third-order valence-electron chi connectivity index (χ3n) is 4.20. The highest BCUT2D eigenvalue weighted by molar-refractivity contribution is 5.91. The first-order valence-corrected chi connectivity index (χ1v) is 7.53. The molecule has 1 aromatic rings. The fourth-order valence-corrected chi connectivity index (χ4v) is 3.03. The summed E-state index contributed by atoms with van der Waals surface area (Å²) in [6.45, 7) is 2.47. The van der Waals surface area contributed by atoms with E-state index in [1.165, 1.54) is 0 Å². The number of aromatic nitrogens is 2. The molecular formula is C14H21N5O3. The van der Waals surface area contributed by atoms with Gasteiger partial charge in [0.1, 0.15) is 5.60 Å². The van der Waals surface area contributed by atoms with Crippen LogP contribution in [0.25, 0.3) is 0 Å². The van der Waals surface area contributed by atoms with E-state index in [9.17, 15) is 9.59 Å². The minimum absolute atomic E-state index is 0.0730. The average molecular weight is 307 g/mol. The molecule has 0 aliphatic carbocycles. The van der Waals surface area contributed by atoms with Crippen LogP contribution >= 0.6 is 0 Å². The summed E-state index contributed by atoms with van der Waals surface area (Å²) in [4.78, 5) is 25.4. The lowest BCUT2D eigenvalue weighted by Gasteiger charge is -2.24. The molecule has 0 aromatic carbocycles. The summed E-state index contributed by atoms with van der Waals surface area (Å²) in [5, 5.41) is 9.65. The maximum Gasteiger partial charge on any atom is 0.407 e. The summed E-state index contributed by atoms with van der Waals surface area (Å²) in [5.74, 6) is 0.490.